The zero-order chi connectivity index (χ0) is 11.5. The molecule has 3 nitrogen and oxygen atoms in total. The van der Waals surface area contributed by atoms with E-state index in [0.717, 1.165) is 24.9 Å². The number of carbonyl (C=O) groups is 1. The van der Waals surface area contributed by atoms with Crippen LogP contribution in [0.15, 0.2) is 0 Å². The molecule has 15 heavy (non-hydrogen) atoms. The molecule has 1 aliphatic rings. The molecule has 0 aromatic rings. The van der Waals surface area contributed by atoms with Gasteiger partial charge in [0.05, 0.1) is 6.10 Å². The van der Waals surface area contributed by atoms with E-state index in [9.17, 15) is 4.79 Å². The maximum atomic E-state index is 11.3. The summed E-state index contributed by atoms with van der Waals surface area (Å²) < 4.78 is 10.6. The molecule has 1 aliphatic carbocycles. The van der Waals surface area contributed by atoms with Crippen molar-refractivity contribution in [2.75, 3.05) is 12.8 Å². The minimum Gasteiger partial charge on any atom is -0.458 e. The van der Waals surface area contributed by atoms with Crippen LogP contribution in [0.25, 0.3) is 0 Å². The maximum absolute atomic E-state index is 11.3. The Hall–Kier alpha value is -0.140. The molecule has 0 aromatic heterocycles. The van der Waals surface area contributed by atoms with Gasteiger partial charge in [-0.3, -0.25) is 0 Å². The molecule has 0 spiro atoms. The van der Waals surface area contributed by atoms with Gasteiger partial charge in [0.2, 0.25) is 0 Å². The third-order valence-corrected chi connectivity index (χ3v) is 3.05. The average molecular weight is 232 g/mol. The van der Waals surface area contributed by atoms with E-state index in [1.165, 1.54) is 0 Å². The molecule has 1 rings (SSSR count). The molecule has 1 fully saturated rings. The van der Waals surface area contributed by atoms with Gasteiger partial charge >= 0.3 is 5.97 Å². The first kappa shape index (κ1) is 12.9. The summed E-state index contributed by atoms with van der Waals surface area (Å²) in [5.41, 5.74) is -0.414. The van der Waals surface area contributed by atoms with Crippen LogP contribution in [0.2, 0.25) is 0 Å². The summed E-state index contributed by atoms with van der Waals surface area (Å²) in [6.07, 6.45) is 3.55. The van der Waals surface area contributed by atoms with E-state index in [-0.39, 0.29) is 18.7 Å². The second-order valence-corrected chi connectivity index (χ2v) is 5.56. The summed E-state index contributed by atoms with van der Waals surface area (Å²) in [6.45, 7) is 5.67. The van der Waals surface area contributed by atoms with Gasteiger partial charge < -0.3 is 9.47 Å². The topological polar surface area (TPSA) is 35.5 Å². The highest BCUT2D eigenvalue weighted by Gasteiger charge is 2.29. The lowest BCUT2D eigenvalue weighted by Gasteiger charge is -2.34. The van der Waals surface area contributed by atoms with Crippen molar-refractivity contribution in [3.63, 3.8) is 0 Å². The Kier molecular flexibility index (Phi) is 4.54. The highest BCUT2D eigenvalue weighted by atomic mass is 31.0. The zero-order valence-electron chi connectivity index (χ0n) is 9.79. The van der Waals surface area contributed by atoms with E-state index in [4.69, 9.17) is 9.47 Å². The zero-order valence-corrected chi connectivity index (χ0v) is 10.9. The van der Waals surface area contributed by atoms with Crippen molar-refractivity contribution in [1.29, 1.82) is 0 Å². The molecular formula is C11H21O3P. The minimum atomic E-state index is -0.414. The first-order chi connectivity index (χ1) is 6.90. The molecule has 0 bridgehead atoms. The number of carbonyl (C=O) groups excluding carboxylic acids is 1. The summed E-state index contributed by atoms with van der Waals surface area (Å²) in [5.74, 6) is 0.496. The van der Waals surface area contributed by atoms with Gasteiger partial charge in [0, 0.05) is 0 Å². The molecule has 0 aliphatic heterocycles. The predicted octanol–water partition coefficient (Wildman–Crippen LogP) is 2.00. The molecule has 0 saturated heterocycles. The van der Waals surface area contributed by atoms with Gasteiger partial charge in [-0.1, -0.05) is 0 Å². The molecule has 0 N–H and O–H groups in total. The number of hydrogen-bond acceptors (Lipinski definition) is 3. The van der Waals surface area contributed by atoms with Gasteiger partial charge in [-0.25, -0.2) is 4.79 Å². The molecule has 0 amide bonds. The van der Waals surface area contributed by atoms with Gasteiger partial charge in [0.1, 0.15) is 12.2 Å². The first-order valence-electron chi connectivity index (χ1n) is 5.44. The molecular weight excluding hydrogens is 211 g/mol. The van der Waals surface area contributed by atoms with Crippen molar-refractivity contribution in [2.24, 2.45) is 5.92 Å². The highest BCUT2D eigenvalue weighted by Crippen LogP contribution is 2.31. The van der Waals surface area contributed by atoms with Crippen LogP contribution in [-0.2, 0) is 14.3 Å². The Morgan fingerprint density at radius 2 is 2.00 bits per heavy atom. The van der Waals surface area contributed by atoms with Crippen LogP contribution in [0.3, 0.4) is 0 Å². The fraction of sp³-hybridized carbons (Fsp3) is 0.909. The normalized spacial score (nSPS) is 25.9. The molecule has 0 radical (unpaired) electrons. The van der Waals surface area contributed by atoms with Crippen molar-refractivity contribution < 1.29 is 14.3 Å². The standard InChI is InChI=1S/C11H21O3P/c1-11(2,3)14-10(12)6-13-9-4-8(5-9)7-15/h8-9H,4-7,15H2,1-3H3. The van der Waals surface area contributed by atoms with Gasteiger partial charge in [-0.05, 0) is 45.7 Å². The molecule has 1 atom stereocenters. The van der Waals surface area contributed by atoms with Crippen molar-refractivity contribution in [1.82, 2.24) is 0 Å². The Bertz CT molecular complexity index is 216. The number of esters is 1. The highest BCUT2D eigenvalue weighted by molar-refractivity contribution is 7.16. The fourth-order valence-electron chi connectivity index (χ4n) is 1.56. The largest absolute Gasteiger partial charge is 0.458 e. The van der Waals surface area contributed by atoms with Gasteiger partial charge in [-0.15, -0.1) is 9.24 Å². The SMILES string of the molecule is CC(C)(C)OC(=O)COC1CC(CP)C1. The van der Waals surface area contributed by atoms with Crippen LogP contribution in [0.4, 0.5) is 0 Å². The molecule has 1 saturated carbocycles. The fourth-order valence-corrected chi connectivity index (χ4v) is 1.94. The number of hydrogen-bond donors (Lipinski definition) is 0. The summed E-state index contributed by atoms with van der Waals surface area (Å²) in [7, 11) is 2.74. The van der Waals surface area contributed by atoms with Crippen LogP contribution < -0.4 is 0 Å². The van der Waals surface area contributed by atoms with Crippen molar-refractivity contribution in [3.05, 3.63) is 0 Å². The second kappa shape index (κ2) is 5.27. The lowest BCUT2D eigenvalue weighted by molar-refractivity contribution is -0.164. The monoisotopic (exact) mass is 232 g/mol. The minimum absolute atomic E-state index is 0.0888. The quantitative estimate of drug-likeness (QED) is 0.549. The van der Waals surface area contributed by atoms with Crippen LogP contribution in [0.5, 0.6) is 0 Å². The van der Waals surface area contributed by atoms with Crippen molar-refractivity contribution in [2.45, 2.75) is 45.3 Å². The van der Waals surface area contributed by atoms with E-state index in [2.05, 4.69) is 9.24 Å². The van der Waals surface area contributed by atoms with Crippen LogP contribution in [0.1, 0.15) is 33.6 Å². The lowest BCUT2D eigenvalue weighted by Crippen LogP contribution is -2.35. The Morgan fingerprint density at radius 3 is 2.47 bits per heavy atom. The van der Waals surface area contributed by atoms with Gasteiger partial charge in [0.25, 0.3) is 0 Å². The smallest absolute Gasteiger partial charge is 0.332 e. The lowest BCUT2D eigenvalue weighted by atomic mass is 9.84. The van der Waals surface area contributed by atoms with Gasteiger partial charge in [-0.2, -0.15) is 0 Å². The van der Waals surface area contributed by atoms with E-state index >= 15 is 0 Å². The number of ether oxygens (including phenoxy) is 2. The second-order valence-electron chi connectivity index (χ2n) is 5.09. The molecule has 0 heterocycles. The molecule has 1 unspecified atom stereocenters. The molecule has 0 aromatic carbocycles. The third-order valence-electron chi connectivity index (χ3n) is 2.38. The van der Waals surface area contributed by atoms with E-state index < -0.39 is 5.60 Å². The Labute approximate surface area is 94.1 Å². The van der Waals surface area contributed by atoms with E-state index in [0.29, 0.717) is 0 Å². The maximum Gasteiger partial charge on any atom is 0.332 e. The molecule has 4 heteroatoms. The Balaban J connectivity index is 2.08. The summed E-state index contributed by atoms with van der Waals surface area (Å²) in [6, 6.07) is 0. The van der Waals surface area contributed by atoms with Crippen molar-refractivity contribution >= 4 is 15.2 Å². The molecule has 88 valence electrons. The summed E-state index contributed by atoms with van der Waals surface area (Å²) in [5, 5.41) is 0. The van der Waals surface area contributed by atoms with Crippen LogP contribution >= 0.6 is 9.24 Å². The first-order valence-corrected chi connectivity index (χ1v) is 6.26. The Morgan fingerprint density at radius 1 is 1.40 bits per heavy atom. The van der Waals surface area contributed by atoms with Crippen LogP contribution in [-0.4, -0.2) is 30.4 Å². The third kappa shape index (κ3) is 4.94. The van der Waals surface area contributed by atoms with Crippen molar-refractivity contribution in [3.8, 4) is 0 Å². The van der Waals surface area contributed by atoms with Gasteiger partial charge in [0.15, 0.2) is 0 Å². The van der Waals surface area contributed by atoms with E-state index in [1.807, 2.05) is 20.8 Å². The summed E-state index contributed by atoms with van der Waals surface area (Å²) in [4.78, 5) is 11.3. The predicted molar refractivity (Wildman–Crippen MR) is 62.9 cm³/mol. The van der Waals surface area contributed by atoms with E-state index in [1.54, 1.807) is 0 Å². The summed E-state index contributed by atoms with van der Waals surface area (Å²) >= 11 is 0. The van der Waals surface area contributed by atoms with Crippen LogP contribution in [0, 0.1) is 5.92 Å². The number of rotatable bonds is 4. The average Bonchev–Trinajstić information content (AvgIpc) is 1.98.